The van der Waals surface area contributed by atoms with E-state index >= 15 is 0 Å². The van der Waals surface area contributed by atoms with Crippen molar-refractivity contribution in [3.63, 3.8) is 0 Å². The smallest absolute Gasteiger partial charge is 0.256 e. The molecular formula is C96H84B3N3O3. The molecule has 0 N–H and O–H groups in total. The van der Waals surface area contributed by atoms with Crippen molar-refractivity contribution in [1.29, 1.82) is 0 Å². The summed E-state index contributed by atoms with van der Waals surface area (Å²) in [4.78, 5) is 7.48. The molecule has 0 unspecified atom stereocenters. The molecule has 9 heteroatoms. The lowest BCUT2D eigenvalue weighted by molar-refractivity contribution is 0.486. The Hall–Kier alpha value is -11.1. The molecule has 0 spiro atoms. The molecule has 0 fully saturated rings. The van der Waals surface area contributed by atoms with Gasteiger partial charge in [-0.3, -0.25) is 0 Å². The number of anilines is 9. The monoisotopic (exact) mass is 1360 g/mol. The van der Waals surface area contributed by atoms with E-state index in [1.165, 1.54) is 82.5 Å². The molecule has 0 amide bonds. The van der Waals surface area contributed by atoms with Crippen LogP contribution in [0.3, 0.4) is 0 Å². The van der Waals surface area contributed by atoms with Crippen LogP contribution >= 0.6 is 0 Å². The van der Waals surface area contributed by atoms with Crippen molar-refractivity contribution in [3.05, 3.63) is 287 Å². The van der Waals surface area contributed by atoms with Crippen molar-refractivity contribution in [1.82, 2.24) is 0 Å². The minimum absolute atomic E-state index is 0.00649. The molecular weight excluding hydrogens is 1280 g/mol. The summed E-state index contributed by atoms with van der Waals surface area (Å²) in [7, 11) is 0. The van der Waals surface area contributed by atoms with Gasteiger partial charge in [-0.1, -0.05) is 188 Å². The van der Waals surface area contributed by atoms with Gasteiger partial charge >= 0.3 is 0 Å². The molecule has 6 aliphatic heterocycles. The van der Waals surface area contributed by atoms with Crippen molar-refractivity contribution in [2.45, 2.75) is 120 Å². The topological polar surface area (TPSA) is 37.4 Å². The molecule has 510 valence electrons. The Kier molecular flexibility index (Phi) is 14.3. The first-order chi connectivity index (χ1) is 50.3. The highest BCUT2D eigenvalue weighted by Gasteiger charge is 2.46. The van der Waals surface area contributed by atoms with Gasteiger partial charge < -0.3 is 28.9 Å². The van der Waals surface area contributed by atoms with Crippen LogP contribution in [0, 0.1) is 41.5 Å². The minimum atomic E-state index is -0.103. The van der Waals surface area contributed by atoms with E-state index in [9.17, 15) is 0 Å². The largest absolute Gasteiger partial charge is 0.458 e. The minimum Gasteiger partial charge on any atom is -0.458 e. The molecule has 0 aliphatic carbocycles. The van der Waals surface area contributed by atoms with Crippen LogP contribution in [0.25, 0.3) is 33.4 Å². The van der Waals surface area contributed by atoms with E-state index in [1.807, 2.05) is 0 Å². The Morgan fingerprint density at radius 3 is 0.743 bits per heavy atom. The molecule has 6 heterocycles. The summed E-state index contributed by atoms with van der Waals surface area (Å²) in [6.45, 7) is 33.5. The number of hydrogen-bond acceptors (Lipinski definition) is 6. The summed E-state index contributed by atoms with van der Waals surface area (Å²) in [5, 5.41) is 0. The first kappa shape index (κ1) is 64.7. The molecule has 105 heavy (non-hydrogen) atoms. The lowest BCUT2D eigenvalue weighted by Crippen LogP contribution is -2.59. The highest BCUT2D eigenvalue weighted by Crippen LogP contribution is 2.49. The quantitative estimate of drug-likeness (QED) is 0.155. The second-order valence-electron chi connectivity index (χ2n) is 33.8. The highest BCUT2D eigenvalue weighted by atomic mass is 16.5. The van der Waals surface area contributed by atoms with E-state index in [2.05, 4.69) is 355 Å². The molecule has 13 aromatic carbocycles. The van der Waals surface area contributed by atoms with Gasteiger partial charge in [-0.05, 0) is 301 Å². The Balaban J connectivity index is 0.855. The van der Waals surface area contributed by atoms with E-state index in [0.717, 1.165) is 136 Å². The highest BCUT2D eigenvalue weighted by molar-refractivity contribution is 7.01. The molecule has 13 aromatic rings. The van der Waals surface area contributed by atoms with E-state index in [0.29, 0.717) is 0 Å². The van der Waals surface area contributed by atoms with Gasteiger partial charge in [-0.25, -0.2) is 0 Å². The summed E-state index contributed by atoms with van der Waals surface area (Å²) in [5.41, 5.74) is 38.8. The van der Waals surface area contributed by atoms with Crippen LogP contribution < -0.4 is 78.1 Å². The van der Waals surface area contributed by atoms with E-state index in [1.54, 1.807) is 0 Å². The summed E-state index contributed by atoms with van der Waals surface area (Å²) < 4.78 is 21.1. The zero-order chi connectivity index (χ0) is 72.2. The number of rotatable bonds is 6. The van der Waals surface area contributed by atoms with Crippen LogP contribution in [-0.2, 0) is 16.2 Å². The van der Waals surface area contributed by atoms with E-state index < -0.39 is 0 Å². The van der Waals surface area contributed by atoms with Crippen LogP contribution in [0.1, 0.15) is 112 Å². The Labute approximate surface area is 620 Å². The fourth-order valence-electron chi connectivity index (χ4n) is 17.9. The molecule has 0 bridgehead atoms. The SMILES string of the molecule is Cc1ccc2c(c1)B1c3cc(-c4cc(-c5ccc6c(c5)B5c7cc(C)ccc7Oc7cc(C)cc(c75)N6c5ccc(C(C)(C)C)cc5)cc(-c5ccc6c(c5)B5c7cc(C)ccc7Oc7cc(C)cc(c75)N6c5ccc(C(C)(C)C)cc5)c4)ccc3N(c3ccc(C(C)(C)C)cc3)c3cc(C)cc(c31)O2. The van der Waals surface area contributed by atoms with Gasteiger partial charge in [0.1, 0.15) is 34.5 Å². The Morgan fingerprint density at radius 2 is 0.486 bits per heavy atom. The van der Waals surface area contributed by atoms with Gasteiger partial charge in [0.25, 0.3) is 20.1 Å². The van der Waals surface area contributed by atoms with E-state index in [4.69, 9.17) is 14.2 Å². The maximum atomic E-state index is 7.05. The fraction of sp³-hybridized carbons (Fsp3) is 0.188. The Morgan fingerprint density at radius 1 is 0.219 bits per heavy atom. The zero-order valence-electron chi connectivity index (χ0n) is 62.8. The predicted octanol–water partition coefficient (Wildman–Crippen LogP) is 19.6. The normalized spacial score (nSPS) is 14.0. The van der Waals surface area contributed by atoms with Crippen molar-refractivity contribution in [2.75, 3.05) is 14.7 Å². The summed E-state index contributed by atoms with van der Waals surface area (Å²) >= 11 is 0. The van der Waals surface area contributed by atoms with Crippen LogP contribution in [0.2, 0.25) is 0 Å². The third-order valence-corrected chi connectivity index (χ3v) is 23.1. The van der Waals surface area contributed by atoms with Crippen molar-refractivity contribution in [3.8, 4) is 67.9 Å². The maximum Gasteiger partial charge on any atom is 0.256 e. The van der Waals surface area contributed by atoms with Crippen LogP contribution in [-0.4, -0.2) is 20.1 Å². The number of ether oxygens (including phenoxy) is 3. The third-order valence-electron chi connectivity index (χ3n) is 23.1. The summed E-state index contributed by atoms with van der Waals surface area (Å²) in [5.74, 6) is 5.42. The summed E-state index contributed by atoms with van der Waals surface area (Å²) in [6, 6.07) is 90.9. The molecule has 0 radical (unpaired) electrons. The fourth-order valence-corrected chi connectivity index (χ4v) is 17.9. The molecule has 0 saturated heterocycles. The van der Waals surface area contributed by atoms with Gasteiger partial charge in [0.05, 0.1) is 0 Å². The average molecular weight is 1360 g/mol. The van der Waals surface area contributed by atoms with Crippen molar-refractivity contribution in [2.24, 2.45) is 0 Å². The lowest BCUT2D eigenvalue weighted by Gasteiger charge is -2.41. The predicted molar refractivity (Wildman–Crippen MR) is 445 cm³/mol. The van der Waals surface area contributed by atoms with E-state index in [-0.39, 0.29) is 36.4 Å². The van der Waals surface area contributed by atoms with Crippen molar-refractivity contribution >= 4 is 120 Å². The van der Waals surface area contributed by atoms with Gasteiger partial charge in [-0.15, -0.1) is 0 Å². The number of benzene rings is 13. The van der Waals surface area contributed by atoms with Gasteiger partial charge in [0.15, 0.2) is 0 Å². The molecule has 6 nitrogen and oxygen atoms in total. The van der Waals surface area contributed by atoms with Crippen LogP contribution in [0.15, 0.2) is 237 Å². The van der Waals surface area contributed by atoms with Crippen molar-refractivity contribution < 1.29 is 14.2 Å². The third kappa shape index (κ3) is 10.4. The molecule has 6 aliphatic rings. The lowest BCUT2D eigenvalue weighted by atomic mass is 9.34. The second-order valence-corrected chi connectivity index (χ2v) is 33.8. The number of fused-ring (bicyclic) bond motifs is 12. The molecule has 0 atom stereocenters. The first-order valence-electron chi connectivity index (χ1n) is 37.4. The summed E-state index contributed by atoms with van der Waals surface area (Å²) in [6.07, 6.45) is 0. The molecule has 0 saturated carbocycles. The number of hydrogen-bond donors (Lipinski definition) is 0. The number of nitrogens with zero attached hydrogens (tertiary/aromatic N) is 3. The molecule has 19 rings (SSSR count). The average Bonchev–Trinajstić information content (AvgIpc) is 0.719. The van der Waals surface area contributed by atoms with Gasteiger partial charge in [0.2, 0.25) is 0 Å². The number of aryl methyl sites for hydroxylation is 6. The zero-order valence-corrected chi connectivity index (χ0v) is 62.8. The standard InChI is InChI=1S/C96H84B3N3O3/c1-55-16-37-85-76(40-55)97-73-52-61(19-34-79(73)100(70-28-22-67(23-29-70)94(7,8)9)82-43-58(4)46-88(103-85)91(82)97)64-49-65(62-20-35-80-74(53-62)98-77-41-56(2)17-38-86(77)104-89-47-59(5)44-83(92(89)98)101(80)71-30-24-68(25-31-71)95(10,11)12)51-66(50-64)63-21-36-81-75(54-63)99-78-42-57(3)18-39-87(78)105-90-48-60(6)45-84(93(90)99)102(81)72-32-26-69(27-33-72)96(13,14)15/h16-54H,1-15H3. The van der Waals surface area contributed by atoms with Crippen LogP contribution in [0.5, 0.6) is 34.5 Å². The first-order valence-corrected chi connectivity index (χ1v) is 37.4. The second kappa shape index (κ2) is 23.2. The molecule has 0 aromatic heterocycles. The van der Waals surface area contributed by atoms with Gasteiger partial charge in [0, 0.05) is 51.2 Å². The Bertz CT molecular complexity index is 5290. The maximum absolute atomic E-state index is 7.05. The van der Waals surface area contributed by atoms with Crippen LogP contribution in [0.4, 0.5) is 51.2 Å². The van der Waals surface area contributed by atoms with Gasteiger partial charge in [-0.2, -0.15) is 0 Å².